The minimum Gasteiger partial charge on any atom is -0.460 e. The smallest absolute Gasteiger partial charge is 0.307 e. The van der Waals surface area contributed by atoms with Gasteiger partial charge in [-0.25, -0.2) is 0 Å². The zero-order valence-corrected chi connectivity index (χ0v) is 18.7. The van der Waals surface area contributed by atoms with Gasteiger partial charge in [-0.1, -0.05) is 60.7 Å². The van der Waals surface area contributed by atoms with Crippen molar-refractivity contribution in [1.29, 1.82) is 0 Å². The molecule has 3 rings (SSSR count). The van der Waals surface area contributed by atoms with E-state index in [2.05, 4.69) is 29.4 Å². The Labute approximate surface area is 174 Å². The van der Waals surface area contributed by atoms with Crippen LogP contribution in [0.15, 0.2) is 60.7 Å². The van der Waals surface area contributed by atoms with E-state index in [4.69, 9.17) is 4.74 Å². The Balaban J connectivity index is 1.85. The van der Waals surface area contributed by atoms with E-state index in [0.717, 1.165) is 24.0 Å². The van der Waals surface area contributed by atoms with E-state index in [1.165, 1.54) is 0 Å². The first-order valence-electron chi connectivity index (χ1n) is 10.4. The van der Waals surface area contributed by atoms with E-state index in [0.29, 0.717) is 0 Å². The number of nitrogens with one attached hydrogen (secondary N) is 1. The second kappa shape index (κ2) is 8.85. The number of esters is 1. The Morgan fingerprint density at radius 3 is 1.86 bits per heavy atom. The zero-order chi connectivity index (χ0) is 21.1. The standard InChI is InChI=1S/C24H32NO3P/c1-18(17-23(26)28-24(2,3)4)25-29(27)21(19-11-7-5-8-12-19)15-16-22(29)20-13-9-6-10-14-20/h5-14,18,21-22H,15-17H2,1-4H3,(H,25,27)/t18-,21-,22-/m0/s1. The highest BCUT2D eigenvalue weighted by molar-refractivity contribution is 7.63. The number of rotatable bonds is 6. The van der Waals surface area contributed by atoms with Gasteiger partial charge < -0.3 is 9.30 Å². The van der Waals surface area contributed by atoms with E-state index in [1.807, 2.05) is 64.1 Å². The summed E-state index contributed by atoms with van der Waals surface area (Å²) in [6, 6.07) is 20.0. The van der Waals surface area contributed by atoms with E-state index < -0.39 is 12.9 Å². The summed E-state index contributed by atoms with van der Waals surface area (Å²) >= 11 is 0. The molecule has 0 aromatic heterocycles. The van der Waals surface area contributed by atoms with Crippen LogP contribution in [0.4, 0.5) is 0 Å². The van der Waals surface area contributed by atoms with Crippen molar-refractivity contribution in [2.45, 2.75) is 69.9 Å². The molecule has 1 heterocycles. The Morgan fingerprint density at radius 2 is 1.45 bits per heavy atom. The molecule has 0 aliphatic carbocycles. The van der Waals surface area contributed by atoms with Gasteiger partial charge >= 0.3 is 5.97 Å². The number of carbonyl (C=O) groups excluding carboxylic acids is 1. The first-order valence-corrected chi connectivity index (χ1v) is 12.2. The first-order chi connectivity index (χ1) is 13.7. The third-order valence-electron chi connectivity index (χ3n) is 5.32. The van der Waals surface area contributed by atoms with Gasteiger partial charge in [-0.05, 0) is 51.7 Å². The largest absolute Gasteiger partial charge is 0.460 e. The minimum absolute atomic E-state index is 0.0463. The summed E-state index contributed by atoms with van der Waals surface area (Å²) in [7, 11) is -2.86. The number of ether oxygens (including phenoxy) is 1. The molecule has 0 unspecified atom stereocenters. The SMILES string of the molecule is C[C@@H](CC(=O)OC(C)(C)C)NP1(=O)[C@H](c2ccccc2)CC[C@H]1c1ccccc1. The molecule has 29 heavy (non-hydrogen) atoms. The highest BCUT2D eigenvalue weighted by atomic mass is 31.2. The number of benzene rings is 2. The molecular formula is C24H32NO3P. The highest BCUT2D eigenvalue weighted by Crippen LogP contribution is 2.74. The molecule has 0 bridgehead atoms. The molecule has 1 fully saturated rings. The van der Waals surface area contributed by atoms with Crippen molar-refractivity contribution in [1.82, 2.24) is 5.09 Å². The maximum Gasteiger partial charge on any atom is 0.307 e. The molecule has 2 aromatic rings. The van der Waals surface area contributed by atoms with Crippen molar-refractivity contribution in [3.8, 4) is 0 Å². The van der Waals surface area contributed by atoms with E-state index in [1.54, 1.807) is 0 Å². The summed E-state index contributed by atoms with van der Waals surface area (Å²) in [5.41, 5.74) is 1.59. The van der Waals surface area contributed by atoms with Gasteiger partial charge in [-0.3, -0.25) is 9.88 Å². The summed E-state index contributed by atoms with van der Waals surface area (Å²) in [4.78, 5) is 12.3. The van der Waals surface area contributed by atoms with Crippen molar-refractivity contribution < 1.29 is 14.1 Å². The predicted octanol–water partition coefficient (Wildman–Crippen LogP) is 6.25. The molecule has 0 radical (unpaired) electrons. The van der Waals surface area contributed by atoms with Gasteiger partial charge in [0.05, 0.1) is 17.7 Å². The lowest BCUT2D eigenvalue weighted by atomic mass is 10.0. The van der Waals surface area contributed by atoms with Gasteiger partial charge in [0.15, 0.2) is 7.29 Å². The van der Waals surface area contributed by atoms with Gasteiger partial charge in [0, 0.05) is 6.04 Å². The monoisotopic (exact) mass is 413 g/mol. The van der Waals surface area contributed by atoms with Crippen molar-refractivity contribution >= 4 is 13.3 Å². The summed E-state index contributed by atoms with van der Waals surface area (Å²) in [6.45, 7) is 7.50. The molecule has 0 spiro atoms. The average Bonchev–Trinajstić information content (AvgIpc) is 2.97. The summed E-state index contributed by atoms with van der Waals surface area (Å²) in [5, 5.41) is 3.42. The Kier molecular flexibility index (Phi) is 6.65. The van der Waals surface area contributed by atoms with Gasteiger partial charge in [-0.2, -0.15) is 0 Å². The Morgan fingerprint density at radius 1 is 1.00 bits per heavy atom. The van der Waals surface area contributed by atoms with E-state index in [9.17, 15) is 9.36 Å². The molecule has 3 atom stereocenters. The minimum atomic E-state index is -2.86. The normalized spacial score (nSPS) is 22.2. The number of carbonyl (C=O) groups is 1. The van der Waals surface area contributed by atoms with Crippen LogP contribution in [0.1, 0.15) is 69.4 Å². The molecule has 5 heteroatoms. The van der Waals surface area contributed by atoms with Crippen molar-refractivity contribution in [3.05, 3.63) is 71.8 Å². The molecule has 1 aliphatic heterocycles. The van der Waals surface area contributed by atoms with Crippen LogP contribution in [0.2, 0.25) is 0 Å². The predicted molar refractivity (Wildman–Crippen MR) is 118 cm³/mol. The molecule has 4 nitrogen and oxygen atoms in total. The van der Waals surface area contributed by atoms with Crippen LogP contribution in [-0.4, -0.2) is 17.6 Å². The molecule has 2 aromatic carbocycles. The lowest BCUT2D eigenvalue weighted by molar-refractivity contribution is -0.155. The maximum absolute atomic E-state index is 14.5. The fraction of sp³-hybridized carbons (Fsp3) is 0.458. The number of hydrogen-bond acceptors (Lipinski definition) is 3. The fourth-order valence-electron chi connectivity index (χ4n) is 4.25. The third kappa shape index (κ3) is 5.38. The topological polar surface area (TPSA) is 55.4 Å². The number of hydrogen-bond donors (Lipinski definition) is 1. The van der Waals surface area contributed by atoms with Crippen LogP contribution < -0.4 is 5.09 Å². The maximum atomic E-state index is 14.5. The molecule has 1 aliphatic rings. The molecule has 0 amide bonds. The van der Waals surface area contributed by atoms with Crippen molar-refractivity contribution in [3.63, 3.8) is 0 Å². The molecule has 1 N–H and O–H groups in total. The molecule has 0 saturated carbocycles. The van der Waals surface area contributed by atoms with Crippen LogP contribution in [0.3, 0.4) is 0 Å². The van der Waals surface area contributed by atoms with Crippen molar-refractivity contribution in [2.75, 3.05) is 0 Å². The Bertz CT molecular complexity index is 809. The van der Waals surface area contributed by atoms with Gasteiger partial charge in [0.2, 0.25) is 0 Å². The second-order valence-electron chi connectivity index (χ2n) is 8.96. The van der Waals surface area contributed by atoms with Gasteiger partial charge in [-0.15, -0.1) is 0 Å². The first kappa shape index (κ1) is 21.8. The summed E-state index contributed by atoms with van der Waals surface area (Å²) in [5.74, 6) is -0.268. The second-order valence-corrected chi connectivity index (χ2v) is 11.9. The highest BCUT2D eigenvalue weighted by Gasteiger charge is 2.48. The van der Waals surface area contributed by atoms with Crippen LogP contribution in [0.25, 0.3) is 0 Å². The van der Waals surface area contributed by atoms with E-state index in [-0.39, 0.29) is 29.7 Å². The van der Waals surface area contributed by atoms with Gasteiger partial charge in [0.25, 0.3) is 0 Å². The van der Waals surface area contributed by atoms with Crippen LogP contribution in [0, 0.1) is 0 Å². The summed E-state index contributed by atoms with van der Waals surface area (Å²) < 4.78 is 20.0. The lowest BCUT2D eigenvalue weighted by Crippen LogP contribution is -2.32. The molecular weight excluding hydrogens is 381 g/mol. The van der Waals surface area contributed by atoms with Crippen molar-refractivity contribution in [2.24, 2.45) is 0 Å². The molecule has 156 valence electrons. The quantitative estimate of drug-likeness (QED) is 0.449. The van der Waals surface area contributed by atoms with Gasteiger partial charge in [0.1, 0.15) is 5.60 Å². The van der Waals surface area contributed by atoms with Crippen LogP contribution in [0.5, 0.6) is 0 Å². The summed E-state index contributed by atoms with van der Waals surface area (Å²) in [6.07, 6.45) is 1.93. The zero-order valence-electron chi connectivity index (χ0n) is 17.8. The third-order valence-corrected chi connectivity index (χ3v) is 9.13. The van der Waals surface area contributed by atoms with Crippen LogP contribution in [-0.2, 0) is 14.1 Å². The lowest BCUT2D eigenvalue weighted by Gasteiger charge is -2.31. The van der Waals surface area contributed by atoms with E-state index >= 15 is 0 Å². The average molecular weight is 413 g/mol. The fourth-order valence-corrected chi connectivity index (χ4v) is 8.12. The van der Waals surface area contributed by atoms with Crippen LogP contribution >= 0.6 is 7.29 Å². The Hall–Kier alpha value is -1.90. The molecule has 1 saturated heterocycles.